The molecule has 0 amide bonds. The number of hydrogen-bond acceptors (Lipinski definition) is 4. The maximum absolute atomic E-state index is 13.5. The van der Waals surface area contributed by atoms with Crippen LogP contribution in [0.1, 0.15) is 12.0 Å². The maximum atomic E-state index is 13.5. The van der Waals surface area contributed by atoms with E-state index in [0.717, 1.165) is 31.6 Å². The number of piperazine rings is 1. The Kier molecular flexibility index (Phi) is 5.96. The summed E-state index contributed by atoms with van der Waals surface area (Å²) in [7, 11) is 4.27. The third-order valence-electron chi connectivity index (χ3n) is 4.27. The van der Waals surface area contributed by atoms with Crippen molar-refractivity contribution in [3.63, 3.8) is 0 Å². The van der Waals surface area contributed by atoms with E-state index in [1.807, 2.05) is 6.07 Å². The van der Waals surface area contributed by atoms with Crippen molar-refractivity contribution in [2.45, 2.75) is 24.9 Å². The summed E-state index contributed by atoms with van der Waals surface area (Å²) in [5.74, 6) is 5.31. The Morgan fingerprint density at radius 2 is 2.19 bits per heavy atom. The average molecular weight is 315 g/mol. The lowest BCUT2D eigenvalue weighted by atomic mass is 9.97. The fourth-order valence-corrected chi connectivity index (χ4v) is 3.07. The molecule has 6 heteroatoms. The van der Waals surface area contributed by atoms with Gasteiger partial charge >= 0.3 is 0 Å². The molecule has 1 aliphatic rings. The third-order valence-corrected chi connectivity index (χ3v) is 4.69. The predicted molar refractivity (Wildman–Crippen MR) is 84.8 cm³/mol. The lowest BCUT2D eigenvalue weighted by molar-refractivity contribution is 0.101. The Balaban J connectivity index is 2.01. The van der Waals surface area contributed by atoms with Crippen LogP contribution in [0.25, 0.3) is 0 Å². The number of hydrazine groups is 1. The van der Waals surface area contributed by atoms with Crippen LogP contribution in [0.5, 0.6) is 0 Å². The fourth-order valence-electron chi connectivity index (χ4n) is 2.87. The van der Waals surface area contributed by atoms with Crippen molar-refractivity contribution >= 4 is 11.6 Å². The number of halogens is 2. The first kappa shape index (κ1) is 16.6. The smallest absolute Gasteiger partial charge is 0.142 e. The minimum Gasteiger partial charge on any atom is -0.304 e. The van der Waals surface area contributed by atoms with Crippen LogP contribution in [0.2, 0.25) is 5.02 Å². The zero-order chi connectivity index (χ0) is 15.4. The van der Waals surface area contributed by atoms with Gasteiger partial charge in [0.25, 0.3) is 0 Å². The summed E-state index contributed by atoms with van der Waals surface area (Å²) in [5, 5.41) is 0.201. The highest BCUT2D eigenvalue weighted by Gasteiger charge is 2.25. The van der Waals surface area contributed by atoms with Gasteiger partial charge in [-0.25, -0.2) is 4.39 Å². The molecule has 0 spiro atoms. The topological polar surface area (TPSA) is 44.5 Å². The summed E-state index contributed by atoms with van der Waals surface area (Å²) in [6.45, 7) is 3.16. The van der Waals surface area contributed by atoms with Gasteiger partial charge in [0.15, 0.2) is 0 Å². The Morgan fingerprint density at radius 1 is 1.43 bits per heavy atom. The number of nitrogens with zero attached hydrogens (tertiary/aromatic N) is 2. The predicted octanol–water partition coefficient (Wildman–Crippen LogP) is 1.49. The number of likely N-dealkylation sites (N-methyl/N-ethyl adjacent to an activating group) is 2. The van der Waals surface area contributed by atoms with Crippen LogP contribution in [0.3, 0.4) is 0 Å². The van der Waals surface area contributed by atoms with Crippen LogP contribution < -0.4 is 11.3 Å². The molecular weight excluding hydrogens is 291 g/mol. The third kappa shape index (κ3) is 4.37. The quantitative estimate of drug-likeness (QED) is 0.638. The molecule has 1 heterocycles. The normalized spacial score (nSPS) is 22.4. The molecule has 3 N–H and O–H groups in total. The number of nitrogens with two attached hydrogens (primary N) is 1. The molecule has 118 valence electrons. The van der Waals surface area contributed by atoms with Gasteiger partial charge in [-0.2, -0.15) is 0 Å². The van der Waals surface area contributed by atoms with Crippen LogP contribution in [-0.2, 0) is 6.42 Å². The summed E-state index contributed by atoms with van der Waals surface area (Å²) in [6.07, 6.45) is 1.53. The summed E-state index contributed by atoms with van der Waals surface area (Å²) in [4.78, 5) is 4.69. The fraction of sp³-hybridized carbons (Fsp3) is 0.600. The molecule has 21 heavy (non-hydrogen) atoms. The van der Waals surface area contributed by atoms with E-state index in [1.165, 1.54) is 6.07 Å². The number of hydrogen-bond donors (Lipinski definition) is 2. The number of benzene rings is 1. The van der Waals surface area contributed by atoms with Crippen molar-refractivity contribution in [1.82, 2.24) is 15.2 Å². The molecule has 0 aromatic heterocycles. The average Bonchev–Trinajstić information content (AvgIpc) is 2.46. The SMILES string of the molecule is CN1CCN(C)C(CC(Cc2cccc(F)c2Cl)NN)C1. The van der Waals surface area contributed by atoms with E-state index in [-0.39, 0.29) is 16.9 Å². The molecular formula is C15H24ClFN4. The molecule has 1 aromatic carbocycles. The first-order chi connectivity index (χ1) is 10.0. The van der Waals surface area contributed by atoms with Gasteiger partial charge in [-0.05, 0) is 38.6 Å². The minimum atomic E-state index is -0.376. The van der Waals surface area contributed by atoms with Crippen LogP contribution in [0, 0.1) is 5.82 Å². The second-order valence-corrected chi connectivity index (χ2v) is 6.29. The summed E-state index contributed by atoms with van der Waals surface area (Å²) in [5.41, 5.74) is 3.65. The first-order valence-electron chi connectivity index (χ1n) is 7.29. The van der Waals surface area contributed by atoms with E-state index in [9.17, 15) is 4.39 Å². The molecule has 2 rings (SSSR count). The molecule has 2 unspecified atom stereocenters. The molecule has 0 bridgehead atoms. The highest BCUT2D eigenvalue weighted by molar-refractivity contribution is 6.31. The molecule has 2 atom stereocenters. The van der Waals surface area contributed by atoms with Gasteiger partial charge in [-0.3, -0.25) is 11.3 Å². The van der Waals surface area contributed by atoms with E-state index in [4.69, 9.17) is 17.4 Å². The largest absolute Gasteiger partial charge is 0.304 e. The van der Waals surface area contributed by atoms with Gasteiger partial charge in [0.2, 0.25) is 0 Å². The molecule has 1 aliphatic heterocycles. The van der Waals surface area contributed by atoms with E-state index in [2.05, 4.69) is 29.3 Å². The Bertz CT molecular complexity index is 471. The lowest BCUT2D eigenvalue weighted by Gasteiger charge is -2.39. The van der Waals surface area contributed by atoms with Gasteiger partial charge in [0.05, 0.1) is 5.02 Å². The van der Waals surface area contributed by atoms with Crippen molar-refractivity contribution in [2.24, 2.45) is 5.84 Å². The second-order valence-electron chi connectivity index (χ2n) is 5.91. The lowest BCUT2D eigenvalue weighted by Crippen LogP contribution is -2.53. The van der Waals surface area contributed by atoms with Gasteiger partial charge in [0.1, 0.15) is 5.82 Å². The Labute approximate surface area is 131 Å². The van der Waals surface area contributed by atoms with Gasteiger partial charge in [-0.1, -0.05) is 23.7 Å². The number of nitrogens with one attached hydrogen (secondary N) is 1. The van der Waals surface area contributed by atoms with Crippen molar-refractivity contribution in [3.05, 3.63) is 34.6 Å². The van der Waals surface area contributed by atoms with Crippen LogP contribution >= 0.6 is 11.6 Å². The minimum absolute atomic E-state index is 0.0725. The van der Waals surface area contributed by atoms with Crippen molar-refractivity contribution in [2.75, 3.05) is 33.7 Å². The molecule has 0 radical (unpaired) electrons. The molecule has 1 saturated heterocycles. The number of rotatable bonds is 5. The van der Waals surface area contributed by atoms with Gasteiger partial charge in [0, 0.05) is 31.7 Å². The highest BCUT2D eigenvalue weighted by Crippen LogP contribution is 2.22. The summed E-state index contributed by atoms with van der Waals surface area (Å²) < 4.78 is 13.5. The molecule has 0 aliphatic carbocycles. The standard InChI is InChI=1S/C15H24ClFN4/c1-20-6-7-21(2)13(10-20)9-12(19-18)8-11-4-3-5-14(17)15(11)16/h3-5,12-13,19H,6-10,18H2,1-2H3. The van der Waals surface area contributed by atoms with E-state index in [1.54, 1.807) is 6.07 Å². The Morgan fingerprint density at radius 3 is 2.90 bits per heavy atom. The van der Waals surface area contributed by atoms with Gasteiger partial charge < -0.3 is 9.80 Å². The summed E-state index contributed by atoms with van der Waals surface area (Å²) in [6, 6.07) is 5.43. The molecule has 4 nitrogen and oxygen atoms in total. The van der Waals surface area contributed by atoms with Crippen molar-refractivity contribution < 1.29 is 4.39 Å². The van der Waals surface area contributed by atoms with E-state index < -0.39 is 0 Å². The van der Waals surface area contributed by atoms with Crippen LogP contribution in [0.4, 0.5) is 4.39 Å². The van der Waals surface area contributed by atoms with Crippen LogP contribution in [0.15, 0.2) is 18.2 Å². The van der Waals surface area contributed by atoms with Gasteiger partial charge in [-0.15, -0.1) is 0 Å². The molecule has 0 saturated carbocycles. The zero-order valence-corrected chi connectivity index (χ0v) is 13.4. The maximum Gasteiger partial charge on any atom is 0.142 e. The van der Waals surface area contributed by atoms with Crippen molar-refractivity contribution in [1.29, 1.82) is 0 Å². The van der Waals surface area contributed by atoms with E-state index >= 15 is 0 Å². The van der Waals surface area contributed by atoms with Crippen LogP contribution in [-0.4, -0.2) is 55.6 Å². The second kappa shape index (κ2) is 7.51. The van der Waals surface area contributed by atoms with Crippen molar-refractivity contribution in [3.8, 4) is 0 Å². The Hall–Kier alpha value is -0.720. The molecule has 1 fully saturated rings. The highest BCUT2D eigenvalue weighted by atomic mass is 35.5. The monoisotopic (exact) mass is 314 g/mol. The molecule has 1 aromatic rings. The zero-order valence-electron chi connectivity index (χ0n) is 12.6. The summed E-state index contributed by atoms with van der Waals surface area (Å²) >= 11 is 6.03. The van der Waals surface area contributed by atoms with E-state index in [0.29, 0.717) is 12.5 Å². The first-order valence-corrected chi connectivity index (χ1v) is 7.67.